The third-order valence-electron chi connectivity index (χ3n) is 3.01. The van der Waals surface area contributed by atoms with Gasteiger partial charge in [0.1, 0.15) is 24.7 Å². The standard InChI is InChI=1S/C16H17NO5S/c1-20-12-5-6-13(21-2)11(8-12)10-22-15(18)9-17-16(19)14-4-3-7-23-14/h3-8H,9-10H2,1-2H3,(H,17,19). The molecule has 1 amide bonds. The molecule has 0 aliphatic heterocycles. The van der Waals surface area contributed by atoms with Gasteiger partial charge in [0.15, 0.2) is 0 Å². The molecular formula is C16H17NO5S. The van der Waals surface area contributed by atoms with Crippen molar-refractivity contribution in [2.45, 2.75) is 6.61 Å². The van der Waals surface area contributed by atoms with Crippen molar-refractivity contribution in [3.8, 4) is 11.5 Å². The summed E-state index contributed by atoms with van der Waals surface area (Å²) in [7, 11) is 3.09. The van der Waals surface area contributed by atoms with Gasteiger partial charge in [-0.05, 0) is 29.6 Å². The van der Waals surface area contributed by atoms with Gasteiger partial charge in [0.25, 0.3) is 5.91 Å². The number of carbonyl (C=O) groups excluding carboxylic acids is 2. The van der Waals surface area contributed by atoms with Gasteiger partial charge >= 0.3 is 5.97 Å². The van der Waals surface area contributed by atoms with Gasteiger partial charge < -0.3 is 19.5 Å². The summed E-state index contributed by atoms with van der Waals surface area (Å²) in [5.74, 6) is 0.416. The van der Waals surface area contributed by atoms with Crippen LogP contribution < -0.4 is 14.8 Å². The molecule has 0 fully saturated rings. The van der Waals surface area contributed by atoms with Crippen molar-refractivity contribution < 1.29 is 23.8 Å². The molecule has 6 nitrogen and oxygen atoms in total. The Morgan fingerprint density at radius 1 is 1.17 bits per heavy atom. The molecule has 7 heteroatoms. The molecule has 122 valence electrons. The lowest BCUT2D eigenvalue weighted by molar-refractivity contribution is -0.143. The van der Waals surface area contributed by atoms with Gasteiger partial charge in [0, 0.05) is 5.56 Å². The number of benzene rings is 1. The number of hydrogen-bond donors (Lipinski definition) is 1. The molecule has 1 N–H and O–H groups in total. The summed E-state index contributed by atoms with van der Waals surface area (Å²) < 4.78 is 15.5. The van der Waals surface area contributed by atoms with Crippen LogP contribution in [-0.2, 0) is 16.1 Å². The van der Waals surface area contributed by atoms with Crippen molar-refractivity contribution in [2.75, 3.05) is 20.8 Å². The van der Waals surface area contributed by atoms with Crippen LogP contribution in [0.15, 0.2) is 35.7 Å². The Morgan fingerprint density at radius 2 is 2.00 bits per heavy atom. The molecule has 0 aliphatic carbocycles. The summed E-state index contributed by atoms with van der Waals surface area (Å²) in [6, 6.07) is 8.68. The molecule has 2 aromatic rings. The van der Waals surface area contributed by atoms with Crippen LogP contribution in [0.4, 0.5) is 0 Å². The van der Waals surface area contributed by atoms with Crippen LogP contribution in [0.3, 0.4) is 0 Å². The van der Waals surface area contributed by atoms with Crippen LogP contribution in [0, 0.1) is 0 Å². The third-order valence-corrected chi connectivity index (χ3v) is 3.88. The van der Waals surface area contributed by atoms with E-state index in [4.69, 9.17) is 14.2 Å². The highest BCUT2D eigenvalue weighted by Gasteiger charge is 2.11. The van der Waals surface area contributed by atoms with E-state index in [1.54, 1.807) is 42.8 Å². The molecule has 0 saturated heterocycles. The number of carbonyl (C=O) groups is 2. The van der Waals surface area contributed by atoms with Gasteiger partial charge in [-0.15, -0.1) is 11.3 Å². The van der Waals surface area contributed by atoms with E-state index in [2.05, 4.69) is 5.32 Å². The van der Waals surface area contributed by atoms with Gasteiger partial charge in [-0.3, -0.25) is 9.59 Å². The SMILES string of the molecule is COc1ccc(OC)c(COC(=O)CNC(=O)c2cccs2)c1. The molecule has 1 aromatic heterocycles. The minimum absolute atomic E-state index is 0.0358. The van der Waals surface area contributed by atoms with Crippen LogP contribution in [0.2, 0.25) is 0 Å². The number of amides is 1. The molecule has 0 atom stereocenters. The average Bonchev–Trinajstić information content (AvgIpc) is 3.12. The third kappa shape index (κ3) is 4.72. The van der Waals surface area contributed by atoms with Crippen molar-refractivity contribution in [1.29, 1.82) is 0 Å². The van der Waals surface area contributed by atoms with Gasteiger partial charge in [-0.2, -0.15) is 0 Å². The summed E-state index contributed by atoms with van der Waals surface area (Å²) >= 11 is 1.31. The number of methoxy groups -OCH3 is 2. The van der Waals surface area contributed by atoms with Crippen molar-refractivity contribution in [3.05, 3.63) is 46.2 Å². The summed E-state index contributed by atoms with van der Waals surface area (Å²) in [6.07, 6.45) is 0. The minimum atomic E-state index is -0.528. The van der Waals surface area contributed by atoms with E-state index in [1.165, 1.54) is 18.4 Å². The summed E-state index contributed by atoms with van der Waals surface area (Å²) in [4.78, 5) is 24.0. The Balaban J connectivity index is 1.85. The highest BCUT2D eigenvalue weighted by Crippen LogP contribution is 2.24. The van der Waals surface area contributed by atoms with Crippen molar-refractivity contribution >= 4 is 23.2 Å². The summed E-state index contributed by atoms with van der Waals surface area (Å²) in [5.41, 5.74) is 0.685. The number of hydrogen-bond acceptors (Lipinski definition) is 6. The normalized spacial score (nSPS) is 10.0. The lowest BCUT2D eigenvalue weighted by Gasteiger charge is -2.11. The van der Waals surface area contributed by atoms with E-state index in [9.17, 15) is 9.59 Å². The molecule has 2 rings (SSSR count). The van der Waals surface area contributed by atoms with Gasteiger partial charge in [-0.1, -0.05) is 6.07 Å². The zero-order valence-electron chi connectivity index (χ0n) is 12.8. The molecule has 0 saturated carbocycles. The first-order valence-corrected chi connectivity index (χ1v) is 7.70. The summed E-state index contributed by atoms with van der Waals surface area (Å²) in [6.45, 7) is -0.156. The first kappa shape index (κ1) is 16.8. The first-order valence-electron chi connectivity index (χ1n) is 6.82. The predicted molar refractivity (Wildman–Crippen MR) is 86.0 cm³/mol. The zero-order chi connectivity index (χ0) is 16.7. The molecule has 23 heavy (non-hydrogen) atoms. The second kappa shape index (κ2) is 8.19. The Kier molecular flexibility index (Phi) is 5.99. The second-order valence-electron chi connectivity index (χ2n) is 4.50. The van der Waals surface area contributed by atoms with Crippen LogP contribution in [-0.4, -0.2) is 32.6 Å². The molecule has 0 aliphatic rings. The van der Waals surface area contributed by atoms with Gasteiger partial charge in [-0.25, -0.2) is 0 Å². The van der Waals surface area contributed by atoms with Crippen LogP contribution in [0.1, 0.15) is 15.2 Å². The highest BCUT2D eigenvalue weighted by molar-refractivity contribution is 7.12. The molecule has 1 heterocycles. The second-order valence-corrected chi connectivity index (χ2v) is 5.45. The fourth-order valence-corrected chi connectivity index (χ4v) is 2.49. The molecule has 0 unspecified atom stereocenters. The molecule has 1 aromatic carbocycles. The molecule has 0 bridgehead atoms. The predicted octanol–water partition coefficient (Wildman–Crippen LogP) is 2.24. The van der Waals surface area contributed by atoms with E-state index >= 15 is 0 Å². The Labute approximate surface area is 138 Å². The minimum Gasteiger partial charge on any atom is -0.497 e. The first-order chi connectivity index (χ1) is 11.1. The monoisotopic (exact) mass is 335 g/mol. The van der Waals surface area contributed by atoms with Crippen molar-refractivity contribution in [2.24, 2.45) is 0 Å². The zero-order valence-corrected chi connectivity index (χ0v) is 13.6. The fourth-order valence-electron chi connectivity index (χ4n) is 1.85. The lowest BCUT2D eigenvalue weighted by Crippen LogP contribution is -2.30. The van der Waals surface area contributed by atoms with Crippen molar-refractivity contribution in [1.82, 2.24) is 5.32 Å². The Morgan fingerprint density at radius 3 is 2.65 bits per heavy atom. The smallest absolute Gasteiger partial charge is 0.325 e. The van der Waals surface area contributed by atoms with E-state index in [-0.39, 0.29) is 19.1 Å². The number of thiophene rings is 1. The van der Waals surface area contributed by atoms with Crippen LogP contribution >= 0.6 is 11.3 Å². The number of nitrogens with one attached hydrogen (secondary N) is 1. The fraction of sp³-hybridized carbons (Fsp3) is 0.250. The molecule has 0 radical (unpaired) electrons. The molecule has 0 spiro atoms. The topological polar surface area (TPSA) is 73.9 Å². The average molecular weight is 335 g/mol. The van der Waals surface area contributed by atoms with Crippen LogP contribution in [0.25, 0.3) is 0 Å². The molecular weight excluding hydrogens is 318 g/mol. The van der Waals surface area contributed by atoms with E-state index in [0.29, 0.717) is 21.9 Å². The van der Waals surface area contributed by atoms with Crippen LogP contribution in [0.5, 0.6) is 11.5 Å². The van der Waals surface area contributed by atoms with E-state index in [1.807, 2.05) is 0 Å². The van der Waals surface area contributed by atoms with Crippen molar-refractivity contribution in [3.63, 3.8) is 0 Å². The number of rotatable bonds is 7. The maximum atomic E-state index is 11.7. The summed E-state index contributed by atoms with van der Waals surface area (Å²) in [5, 5.41) is 4.31. The lowest BCUT2D eigenvalue weighted by atomic mass is 10.2. The Hall–Kier alpha value is -2.54. The van der Waals surface area contributed by atoms with E-state index in [0.717, 1.165) is 0 Å². The van der Waals surface area contributed by atoms with Gasteiger partial charge in [0.05, 0.1) is 19.1 Å². The quantitative estimate of drug-likeness (QED) is 0.786. The Bertz CT molecular complexity index is 669. The number of ether oxygens (including phenoxy) is 3. The maximum absolute atomic E-state index is 11.7. The number of esters is 1. The largest absolute Gasteiger partial charge is 0.497 e. The highest BCUT2D eigenvalue weighted by atomic mass is 32.1. The maximum Gasteiger partial charge on any atom is 0.325 e. The van der Waals surface area contributed by atoms with E-state index < -0.39 is 5.97 Å². The van der Waals surface area contributed by atoms with Gasteiger partial charge in [0.2, 0.25) is 0 Å².